The van der Waals surface area contributed by atoms with Gasteiger partial charge in [-0.3, -0.25) is 0 Å². The minimum absolute atomic E-state index is 0.321. The Hall–Kier alpha value is -0.900. The summed E-state index contributed by atoms with van der Waals surface area (Å²) in [5.41, 5.74) is 4.30. The van der Waals surface area contributed by atoms with Crippen LogP contribution in [0.1, 0.15) is 98.3 Å². The average molecular weight is 457 g/mol. The SMILES string of the molecule is C=C1CC[C@H](OCC2CO2)C/C1=C/C=C1\CCC[C@]2(C)[C@@H]([C@H](C)CCCC(C)(C)O)CC[C@@H]12. The molecular weight excluding hydrogens is 408 g/mol. The predicted octanol–water partition coefficient (Wildman–Crippen LogP) is 7.16. The second-order valence-electron chi connectivity index (χ2n) is 12.5. The largest absolute Gasteiger partial charge is 0.390 e. The lowest BCUT2D eigenvalue weighted by Gasteiger charge is -2.44. The van der Waals surface area contributed by atoms with E-state index < -0.39 is 5.60 Å². The highest BCUT2D eigenvalue weighted by atomic mass is 16.6. The fourth-order valence-electron chi connectivity index (χ4n) is 7.20. The summed E-state index contributed by atoms with van der Waals surface area (Å²) in [5, 5.41) is 10.1. The van der Waals surface area contributed by atoms with Gasteiger partial charge in [0.2, 0.25) is 0 Å². The molecule has 0 radical (unpaired) electrons. The second-order valence-corrected chi connectivity index (χ2v) is 12.5. The Balaban J connectivity index is 1.39. The Labute approximate surface area is 202 Å². The van der Waals surface area contributed by atoms with Crippen molar-refractivity contribution >= 4 is 0 Å². The van der Waals surface area contributed by atoms with Crippen molar-refractivity contribution in [2.45, 2.75) is 116 Å². The number of ether oxygens (including phenoxy) is 2. The van der Waals surface area contributed by atoms with Crippen LogP contribution in [0.5, 0.6) is 0 Å². The van der Waals surface area contributed by atoms with Crippen molar-refractivity contribution in [3.05, 3.63) is 35.5 Å². The van der Waals surface area contributed by atoms with Gasteiger partial charge in [0.05, 0.1) is 24.9 Å². The van der Waals surface area contributed by atoms with Gasteiger partial charge in [0.15, 0.2) is 0 Å². The lowest BCUT2D eigenvalue weighted by molar-refractivity contribution is 0.0343. The molecule has 3 nitrogen and oxygen atoms in total. The second kappa shape index (κ2) is 10.4. The third kappa shape index (κ3) is 6.41. The van der Waals surface area contributed by atoms with Gasteiger partial charge in [-0.05, 0) is 100 Å². The van der Waals surface area contributed by atoms with Crippen LogP contribution in [0.4, 0.5) is 0 Å². The molecule has 0 aromatic heterocycles. The van der Waals surface area contributed by atoms with Gasteiger partial charge in [0.1, 0.15) is 6.10 Å². The third-order valence-corrected chi connectivity index (χ3v) is 9.26. The minimum Gasteiger partial charge on any atom is -0.390 e. The maximum absolute atomic E-state index is 10.1. The molecule has 6 atom stereocenters. The predicted molar refractivity (Wildman–Crippen MR) is 136 cm³/mol. The number of aliphatic hydroxyl groups is 1. The molecule has 3 heteroatoms. The van der Waals surface area contributed by atoms with Gasteiger partial charge in [0, 0.05) is 0 Å². The van der Waals surface area contributed by atoms with E-state index in [-0.39, 0.29) is 0 Å². The number of rotatable bonds is 9. The van der Waals surface area contributed by atoms with Crippen molar-refractivity contribution in [3.63, 3.8) is 0 Å². The molecule has 186 valence electrons. The van der Waals surface area contributed by atoms with Gasteiger partial charge >= 0.3 is 0 Å². The van der Waals surface area contributed by atoms with E-state index in [2.05, 4.69) is 32.6 Å². The van der Waals surface area contributed by atoms with Gasteiger partial charge in [-0.2, -0.15) is 0 Å². The Morgan fingerprint density at radius 1 is 1.24 bits per heavy atom. The normalized spacial score (nSPS) is 38.0. The first kappa shape index (κ1) is 25.2. The van der Waals surface area contributed by atoms with Gasteiger partial charge in [0.25, 0.3) is 0 Å². The number of hydrogen-bond donors (Lipinski definition) is 1. The summed E-state index contributed by atoms with van der Waals surface area (Å²) in [6, 6.07) is 0. The van der Waals surface area contributed by atoms with E-state index in [1.165, 1.54) is 49.7 Å². The quantitative estimate of drug-likeness (QED) is 0.374. The molecule has 4 rings (SSSR count). The van der Waals surface area contributed by atoms with Gasteiger partial charge in [-0.1, -0.05) is 56.6 Å². The molecule has 1 heterocycles. The summed E-state index contributed by atoms with van der Waals surface area (Å²) in [6.45, 7) is 14.9. The van der Waals surface area contributed by atoms with Crippen molar-refractivity contribution in [1.29, 1.82) is 0 Å². The molecule has 1 aliphatic heterocycles. The fraction of sp³-hybridized carbons (Fsp3) is 0.800. The summed E-state index contributed by atoms with van der Waals surface area (Å²) >= 11 is 0. The Kier molecular flexibility index (Phi) is 7.93. The van der Waals surface area contributed by atoms with Gasteiger partial charge in [-0.25, -0.2) is 0 Å². The zero-order chi connectivity index (χ0) is 23.6. The Morgan fingerprint density at radius 3 is 2.76 bits per heavy atom. The van der Waals surface area contributed by atoms with Crippen molar-refractivity contribution in [2.24, 2.45) is 23.2 Å². The van der Waals surface area contributed by atoms with E-state index in [0.29, 0.717) is 17.6 Å². The molecule has 33 heavy (non-hydrogen) atoms. The summed E-state index contributed by atoms with van der Waals surface area (Å²) in [4.78, 5) is 0. The lowest BCUT2D eigenvalue weighted by Crippen LogP contribution is -2.36. The van der Waals surface area contributed by atoms with E-state index in [1.54, 1.807) is 5.57 Å². The van der Waals surface area contributed by atoms with E-state index in [9.17, 15) is 5.11 Å². The highest BCUT2D eigenvalue weighted by Crippen LogP contribution is 2.60. The third-order valence-electron chi connectivity index (χ3n) is 9.26. The van der Waals surface area contributed by atoms with Crippen LogP contribution in [0.2, 0.25) is 0 Å². The zero-order valence-corrected chi connectivity index (χ0v) is 21.7. The molecule has 4 fully saturated rings. The molecule has 3 saturated carbocycles. The number of allylic oxidation sites excluding steroid dienone is 4. The molecular formula is C30H48O3. The molecule has 3 aliphatic carbocycles. The van der Waals surface area contributed by atoms with Crippen LogP contribution in [-0.2, 0) is 9.47 Å². The highest BCUT2D eigenvalue weighted by molar-refractivity contribution is 5.36. The lowest BCUT2D eigenvalue weighted by atomic mass is 9.60. The maximum atomic E-state index is 10.1. The van der Waals surface area contributed by atoms with Crippen molar-refractivity contribution in [2.75, 3.05) is 13.2 Å². The molecule has 1 N–H and O–H groups in total. The first-order valence-electron chi connectivity index (χ1n) is 13.7. The molecule has 0 aromatic carbocycles. The minimum atomic E-state index is -0.533. The first-order chi connectivity index (χ1) is 15.7. The van der Waals surface area contributed by atoms with Crippen LogP contribution in [0, 0.1) is 23.2 Å². The van der Waals surface area contributed by atoms with Crippen LogP contribution in [0.3, 0.4) is 0 Å². The van der Waals surface area contributed by atoms with Crippen LogP contribution >= 0.6 is 0 Å². The fourth-order valence-corrected chi connectivity index (χ4v) is 7.20. The van der Waals surface area contributed by atoms with Crippen molar-refractivity contribution in [3.8, 4) is 0 Å². The van der Waals surface area contributed by atoms with E-state index in [0.717, 1.165) is 63.1 Å². The number of hydrogen-bond acceptors (Lipinski definition) is 3. The molecule has 0 bridgehead atoms. The summed E-state index contributed by atoms with van der Waals surface area (Å²) in [6.07, 6.45) is 18.6. The van der Waals surface area contributed by atoms with Crippen molar-refractivity contribution < 1.29 is 14.6 Å². The van der Waals surface area contributed by atoms with E-state index >= 15 is 0 Å². The number of fused-ring (bicyclic) bond motifs is 1. The Morgan fingerprint density at radius 2 is 2.03 bits per heavy atom. The van der Waals surface area contributed by atoms with Crippen LogP contribution in [-0.4, -0.2) is 36.1 Å². The number of epoxide rings is 1. The maximum Gasteiger partial charge on any atom is 0.104 e. The van der Waals surface area contributed by atoms with Crippen LogP contribution < -0.4 is 0 Å². The monoisotopic (exact) mass is 456 g/mol. The molecule has 0 spiro atoms. The topological polar surface area (TPSA) is 42.0 Å². The van der Waals surface area contributed by atoms with Gasteiger partial charge in [-0.15, -0.1) is 0 Å². The Bertz CT molecular complexity index is 753. The van der Waals surface area contributed by atoms with E-state index in [1.807, 2.05) is 13.8 Å². The van der Waals surface area contributed by atoms with Gasteiger partial charge < -0.3 is 14.6 Å². The van der Waals surface area contributed by atoms with E-state index in [4.69, 9.17) is 9.47 Å². The zero-order valence-electron chi connectivity index (χ0n) is 21.7. The average Bonchev–Trinajstić information content (AvgIpc) is 3.50. The highest BCUT2D eigenvalue weighted by Gasteiger charge is 2.50. The summed E-state index contributed by atoms with van der Waals surface area (Å²) in [7, 11) is 0. The molecule has 4 aliphatic rings. The van der Waals surface area contributed by atoms with Crippen molar-refractivity contribution in [1.82, 2.24) is 0 Å². The van der Waals surface area contributed by atoms with Crippen LogP contribution in [0.25, 0.3) is 0 Å². The standard InChI is InChI=1S/C30H48O3/c1-21-10-13-25(32-19-26-20-33-26)18-24(21)12-11-23-9-7-17-30(5)27(14-15-28(23)30)22(2)8-6-16-29(3,4)31/h11-12,22,25-28,31H,1,6-10,13-20H2,2-5H3/b23-11+,24-12-/t22-,25+,26?,27-,28+,30-/m1/s1. The summed E-state index contributed by atoms with van der Waals surface area (Å²) < 4.78 is 11.4. The summed E-state index contributed by atoms with van der Waals surface area (Å²) in [5.74, 6) is 2.29. The molecule has 0 aromatic rings. The molecule has 0 amide bonds. The smallest absolute Gasteiger partial charge is 0.104 e. The molecule has 1 saturated heterocycles. The first-order valence-corrected chi connectivity index (χ1v) is 13.7. The van der Waals surface area contributed by atoms with Crippen LogP contribution in [0.15, 0.2) is 35.5 Å². The molecule has 1 unspecified atom stereocenters.